The van der Waals surface area contributed by atoms with Gasteiger partial charge in [-0.2, -0.15) is 0 Å². The summed E-state index contributed by atoms with van der Waals surface area (Å²) in [5.41, 5.74) is 0.0746. The Balaban J connectivity index is 2.46. The van der Waals surface area contributed by atoms with Crippen molar-refractivity contribution in [1.29, 1.82) is 0 Å². The Kier molecular flexibility index (Phi) is 6.35. The predicted molar refractivity (Wildman–Crippen MR) is 83.9 cm³/mol. The first kappa shape index (κ1) is 17.3. The summed E-state index contributed by atoms with van der Waals surface area (Å²) in [5, 5.41) is 0. The molecule has 118 valence electrons. The van der Waals surface area contributed by atoms with Crippen molar-refractivity contribution in [3.05, 3.63) is 0 Å². The number of amides is 1. The van der Waals surface area contributed by atoms with Gasteiger partial charge in [0.15, 0.2) is 0 Å². The van der Waals surface area contributed by atoms with Crippen LogP contribution in [0.2, 0.25) is 0 Å². The molecule has 1 heterocycles. The van der Waals surface area contributed by atoms with Gasteiger partial charge in [0, 0.05) is 13.1 Å². The van der Waals surface area contributed by atoms with Crippen LogP contribution < -0.4 is 0 Å². The molecule has 1 amide bonds. The van der Waals surface area contributed by atoms with E-state index in [0.717, 1.165) is 25.9 Å². The maximum atomic E-state index is 12.1. The number of hydrogen-bond donors (Lipinski definition) is 0. The zero-order valence-corrected chi connectivity index (χ0v) is 14.1. The molecular formula is C17H33NO2. The van der Waals surface area contributed by atoms with Gasteiger partial charge in [-0.25, -0.2) is 4.79 Å². The molecule has 0 aliphatic carbocycles. The Morgan fingerprint density at radius 2 is 1.75 bits per heavy atom. The van der Waals surface area contributed by atoms with E-state index >= 15 is 0 Å². The van der Waals surface area contributed by atoms with E-state index < -0.39 is 5.60 Å². The summed E-state index contributed by atoms with van der Waals surface area (Å²) < 4.78 is 5.46. The number of carbonyl (C=O) groups is 1. The maximum Gasteiger partial charge on any atom is 0.410 e. The molecule has 0 atom stereocenters. The van der Waals surface area contributed by atoms with Crippen LogP contribution in [0.1, 0.15) is 79.6 Å². The number of nitrogens with zero attached hydrogens (tertiary/aromatic N) is 1. The van der Waals surface area contributed by atoms with Crippen molar-refractivity contribution in [3.8, 4) is 0 Å². The van der Waals surface area contributed by atoms with Crippen molar-refractivity contribution in [1.82, 2.24) is 4.90 Å². The molecule has 0 aromatic heterocycles. The highest BCUT2D eigenvalue weighted by molar-refractivity contribution is 5.68. The minimum atomic E-state index is -0.391. The van der Waals surface area contributed by atoms with E-state index in [1.54, 1.807) is 0 Å². The number of carbonyl (C=O) groups excluding carboxylic acids is 1. The van der Waals surface area contributed by atoms with Crippen LogP contribution in [0.15, 0.2) is 0 Å². The van der Waals surface area contributed by atoms with Crippen molar-refractivity contribution < 1.29 is 9.53 Å². The van der Waals surface area contributed by atoms with Crippen molar-refractivity contribution >= 4 is 6.09 Å². The Bertz CT molecular complexity index is 299. The largest absolute Gasteiger partial charge is 0.444 e. The van der Waals surface area contributed by atoms with E-state index in [2.05, 4.69) is 13.8 Å². The van der Waals surface area contributed by atoms with Gasteiger partial charge < -0.3 is 9.64 Å². The van der Waals surface area contributed by atoms with Crippen molar-refractivity contribution in [2.75, 3.05) is 13.1 Å². The molecular weight excluding hydrogens is 250 g/mol. The van der Waals surface area contributed by atoms with Crippen LogP contribution in [0.4, 0.5) is 4.79 Å². The molecule has 0 bridgehead atoms. The van der Waals surface area contributed by atoms with Gasteiger partial charge in [0.05, 0.1) is 0 Å². The van der Waals surface area contributed by atoms with Crippen LogP contribution in [0.5, 0.6) is 0 Å². The third-order valence-corrected chi connectivity index (χ3v) is 4.54. The van der Waals surface area contributed by atoms with Gasteiger partial charge in [-0.05, 0) is 45.4 Å². The molecule has 1 saturated heterocycles. The topological polar surface area (TPSA) is 29.5 Å². The standard InChI is InChI=1S/C17H33NO2/c1-6-8-9-10-17(7-2)11-13-18(14-12-17)15(19)20-16(3,4)5/h6-14H2,1-5H3. The van der Waals surface area contributed by atoms with Crippen molar-refractivity contribution in [2.45, 2.75) is 85.2 Å². The molecule has 0 radical (unpaired) electrons. The molecule has 0 unspecified atom stereocenters. The second-order valence-corrected chi connectivity index (χ2v) is 7.28. The normalized spacial score (nSPS) is 18.9. The monoisotopic (exact) mass is 283 g/mol. The molecule has 1 fully saturated rings. The van der Waals surface area contributed by atoms with E-state index in [4.69, 9.17) is 4.74 Å². The van der Waals surface area contributed by atoms with E-state index in [9.17, 15) is 4.79 Å². The fourth-order valence-electron chi connectivity index (χ4n) is 3.02. The lowest BCUT2D eigenvalue weighted by atomic mass is 9.72. The lowest BCUT2D eigenvalue weighted by molar-refractivity contribution is 0.00796. The highest BCUT2D eigenvalue weighted by atomic mass is 16.6. The minimum absolute atomic E-state index is 0.143. The first-order valence-corrected chi connectivity index (χ1v) is 8.30. The van der Waals surface area contributed by atoms with Gasteiger partial charge in [-0.15, -0.1) is 0 Å². The van der Waals surface area contributed by atoms with Crippen LogP contribution in [0, 0.1) is 5.41 Å². The molecule has 20 heavy (non-hydrogen) atoms. The van der Waals surface area contributed by atoms with E-state index in [-0.39, 0.29) is 6.09 Å². The van der Waals surface area contributed by atoms with Crippen LogP contribution in [0.25, 0.3) is 0 Å². The lowest BCUT2D eigenvalue weighted by Gasteiger charge is -2.41. The minimum Gasteiger partial charge on any atom is -0.444 e. The van der Waals surface area contributed by atoms with Crippen LogP contribution in [-0.4, -0.2) is 29.7 Å². The summed E-state index contributed by atoms with van der Waals surface area (Å²) >= 11 is 0. The number of piperidine rings is 1. The van der Waals surface area contributed by atoms with Gasteiger partial charge >= 0.3 is 6.09 Å². The zero-order valence-electron chi connectivity index (χ0n) is 14.1. The number of ether oxygens (including phenoxy) is 1. The SMILES string of the molecule is CCCCCC1(CC)CCN(C(=O)OC(C)(C)C)CC1. The Labute approximate surface area is 125 Å². The Morgan fingerprint density at radius 3 is 2.20 bits per heavy atom. The second-order valence-electron chi connectivity index (χ2n) is 7.28. The molecule has 0 aromatic carbocycles. The number of hydrogen-bond acceptors (Lipinski definition) is 2. The first-order chi connectivity index (χ1) is 9.32. The van der Waals surface area contributed by atoms with Gasteiger partial charge in [0.2, 0.25) is 0 Å². The lowest BCUT2D eigenvalue weighted by Crippen LogP contribution is -2.45. The average molecular weight is 283 g/mol. The third kappa shape index (κ3) is 5.34. The third-order valence-electron chi connectivity index (χ3n) is 4.54. The second kappa shape index (κ2) is 7.33. The fraction of sp³-hybridized carbons (Fsp3) is 0.941. The van der Waals surface area contributed by atoms with Crippen LogP contribution in [-0.2, 0) is 4.74 Å². The molecule has 1 rings (SSSR count). The summed E-state index contributed by atoms with van der Waals surface area (Å²) in [6.07, 6.45) is 8.62. The number of rotatable bonds is 5. The molecule has 1 aliphatic heterocycles. The molecule has 0 spiro atoms. The van der Waals surface area contributed by atoms with Crippen LogP contribution in [0.3, 0.4) is 0 Å². The zero-order chi connectivity index (χ0) is 15.2. The number of unbranched alkanes of at least 4 members (excludes halogenated alkanes) is 2. The van der Waals surface area contributed by atoms with Crippen molar-refractivity contribution in [3.63, 3.8) is 0 Å². The summed E-state index contributed by atoms with van der Waals surface area (Å²) in [5.74, 6) is 0. The summed E-state index contributed by atoms with van der Waals surface area (Å²) in [4.78, 5) is 14.0. The van der Waals surface area contributed by atoms with E-state index in [1.807, 2.05) is 25.7 Å². The van der Waals surface area contributed by atoms with Gasteiger partial charge in [-0.1, -0.05) is 39.5 Å². The van der Waals surface area contributed by atoms with Gasteiger partial charge in [-0.3, -0.25) is 0 Å². The van der Waals surface area contributed by atoms with Crippen molar-refractivity contribution in [2.24, 2.45) is 5.41 Å². The molecule has 0 saturated carbocycles. The average Bonchev–Trinajstić information content (AvgIpc) is 2.38. The smallest absolute Gasteiger partial charge is 0.410 e. The summed E-state index contributed by atoms with van der Waals surface area (Å²) in [6, 6.07) is 0. The molecule has 3 heteroatoms. The van der Waals surface area contributed by atoms with E-state index in [0.29, 0.717) is 5.41 Å². The first-order valence-electron chi connectivity index (χ1n) is 8.30. The van der Waals surface area contributed by atoms with E-state index in [1.165, 1.54) is 32.1 Å². The van der Waals surface area contributed by atoms with Gasteiger partial charge in [0.25, 0.3) is 0 Å². The molecule has 0 N–H and O–H groups in total. The molecule has 3 nitrogen and oxygen atoms in total. The highest BCUT2D eigenvalue weighted by Gasteiger charge is 2.35. The predicted octanol–water partition coefficient (Wildman–Crippen LogP) is 4.99. The number of likely N-dealkylation sites (tertiary alicyclic amines) is 1. The fourth-order valence-corrected chi connectivity index (χ4v) is 3.02. The Morgan fingerprint density at radius 1 is 1.15 bits per heavy atom. The maximum absolute atomic E-state index is 12.1. The summed E-state index contributed by atoms with van der Waals surface area (Å²) in [7, 11) is 0. The quantitative estimate of drug-likeness (QED) is 0.665. The van der Waals surface area contributed by atoms with Crippen LogP contribution >= 0.6 is 0 Å². The van der Waals surface area contributed by atoms with Gasteiger partial charge in [0.1, 0.15) is 5.60 Å². The molecule has 0 aromatic rings. The Hall–Kier alpha value is -0.730. The molecule has 1 aliphatic rings. The summed E-state index contributed by atoms with van der Waals surface area (Å²) in [6.45, 7) is 12.0. The highest BCUT2D eigenvalue weighted by Crippen LogP contribution is 2.40.